The zero-order valence-corrected chi connectivity index (χ0v) is 17.4. The van der Waals surface area contributed by atoms with E-state index in [0.717, 1.165) is 19.3 Å². The van der Waals surface area contributed by atoms with Crippen LogP contribution in [0.5, 0.6) is 0 Å². The van der Waals surface area contributed by atoms with Gasteiger partial charge in [0.15, 0.2) is 6.61 Å². The summed E-state index contributed by atoms with van der Waals surface area (Å²) >= 11 is 0. The average Bonchev–Trinajstić information content (AvgIpc) is 2.98. The number of esters is 1. The smallest absolute Gasteiger partial charge is 0.355 e. The van der Waals surface area contributed by atoms with E-state index in [1.807, 2.05) is 0 Å². The SMILES string of the molecule is Cn1cccc1C(=O)OCC(=O)Nc1cccc(S(=O)(=O)NC2=NCCCCC2)c1. The molecule has 2 aromatic rings. The molecule has 1 aliphatic rings. The van der Waals surface area contributed by atoms with Crippen molar-refractivity contribution in [3.63, 3.8) is 0 Å². The van der Waals surface area contributed by atoms with Gasteiger partial charge in [-0.2, -0.15) is 0 Å². The second kappa shape index (κ2) is 9.57. The highest BCUT2D eigenvalue weighted by Crippen LogP contribution is 2.16. The maximum Gasteiger partial charge on any atom is 0.355 e. The van der Waals surface area contributed by atoms with Crippen molar-refractivity contribution in [3.8, 4) is 0 Å². The molecule has 0 bridgehead atoms. The first-order valence-corrected chi connectivity index (χ1v) is 11.1. The minimum atomic E-state index is -3.81. The normalized spacial score (nSPS) is 14.4. The van der Waals surface area contributed by atoms with Crippen molar-refractivity contribution in [1.29, 1.82) is 0 Å². The number of aromatic nitrogens is 1. The predicted octanol–water partition coefficient (Wildman–Crippen LogP) is 2.07. The van der Waals surface area contributed by atoms with Gasteiger partial charge in [0.25, 0.3) is 15.9 Å². The van der Waals surface area contributed by atoms with E-state index < -0.39 is 28.5 Å². The fourth-order valence-corrected chi connectivity index (χ4v) is 4.12. The van der Waals surface area contributed by atoms with E-state index >= 15 is 0 Å². The number of ether oxygens (including phenoxy) is 1. The third-order valence-electron chi connectivity index (χ3n) is 4.54. The van der Waals surface area contributed by atoms with Gasteiger partial charge in [-0.3, -0.25) is 14.5 Å². The number of hydrogen-bond donors (Lipinski definition) is 2. The molecule has 1 aromatic heterocycles. The molecule has 0 saturated carbocycles. The highest BCUT2D eigenvalue weighted by atomic mass is 32.2. The monoisotopic (exact) mass is 432 g/mol. The number of carbonyl (C=O) groups excluding carboxylic acids is 2. The first-order valence-electron chi connectivity index (χ1n) is 9.60. The third-order valence-corrected chi connectivity index (χ3v) is 5.92. The van der Waals surface area contributed by atoms with Crippen molar-refractivity contribution in [2.24, 2.45) is 12.0 Å². The summed E-state index contributed by atoms with van der Waals surface area (Å²) in [5.74, 6) is -0.745. The molecule has 30 heavy (non-hydrogen) atoms. The molecule has 1 aliphatic heterocycles. The Hall–Kier alpha value is -3.14. The zero-order valence-electron chi connectivity index (χ0n) is 16.6. The summed E-state index contributed by atoms with van der Waals surface area (Å²) in [5.41, 5.74) is 0.601. The fraction of sp³-hybridized carbons (Fsp3) is 0.350. The Bertz CT molecular complexity index is 1060. The van der Waals surface area contributed by atoms with Gasteiger partial charge >= 0.3 is 5.97 Å². The summed E-state index contributed by atoms with van der Waals surface area (Å²) in [5, 5.41) is 2.54. The lowest BCUT2D eigenvalue weighted by Gasteiger charge is -2.11. The van der Waals surface area contributed by atoms with Crippen LogP contribution in [-0.2, 0) is 26.6 Å². The van der Waals surface area contributed by atoms with Gasteiger partial charge in [-0.05, 0) is 43.2 Å². The van der Waals surface area contributed by atoms with E-state index in [9.17, 15) is 18.0 Å². The first kappa shape index (κ1) is 21.6. The number of carbonyl (C=O) groups is 2. The summed E-state index contributed by atoms with van der Waals surface area (Å²) in [7, 11) is -2.12. The van der Waals surface area contributed by atoms with Gasteiger partial charge in [0.1, 0.15) is 11.5 Å². The molecule has 10 heteroatoms. The van der Waals surface area contributed by atoms with Crippen LogP contribution in [0.1, 0.15) is 36.2 Å². The van der Waals surface area contributed by atoms with E-state index in [0.29, 0.717) is 24.5 Å². The number of nitrogens with one attached hydrogen (secondary N) is 2. The van der Waals surface area contributed by atoms with Crippen molar-refractivity contribution in [3.05, 3.63) is 48.3 Å². The number of nitrogens with zero attached hydrogens (tertiary/aromatic N) is 2. The van der Waals surface area contributed by atoms with E-state index in [1.54, 1.807) is 36.0 Å². The molecule has 0 spiro atoms. The molecule has 0 aliphatic carbocycles. The first-order chi connectivity index (χ1) is 14.3. The van der Waals surface area contributed by atoms with E-state index in [1.165, 1.54) is 18.2 Å². The maximum absolute atomic E-state index is 12.7. The van der Waals surface area contributed by atoms with Gasteiger partial charge in [-0.25, -0.2) is 13.2 Å². The number of aliphatic imine (C=N–C) groups is 1. The maximum atomic E-state index is 12.7. The summed E-state index contributed by atoms with van der Waals surface area (Å²) in [4.78, 5) is 28.4. The Morgan fingerprint density at radius 3 is 2.77 bits per heavy atom. The molecule has 0 fully saturated rings. The number of amidine groups is 1. The second-order valence-corrected chi connectivity index (χ2v) is 8.58. The van der Waals surface area contributed by atoms with Crippen molar-refractivity contribution in [2.75, 3.05) is 18.5 Å². The molecule has 0 saturated heterocycles. The Morgan fingerprint density at radius 1 is 1.17 bits per heavy atom. The standard InChI is InChI=1S/C20H24N4O5S/c1-24-12-6-9-17(24)20(26)29-14-19(25)22-15-7-5-8-16(13-15)30(27,28)23-18-10-3-2-4-11-21-18/h5-9,12-13H,2-4,10-11,14H2,1H3,(H,21,23)(H,22,25). The molecule has 9 nitrogen and oxygen atoms in total. The highest BCUT2D eigenvalue weighted by molar-refractivity contribution is 7.90. The van der Waals surface area contributed by atoms with Crippen LogP contribution in [0.4, 0.5) is 5.69 Å². The molecule has 0 atom stereocenters. The molecule has 2 heterocycles. The Balaban J connectivity index is 1.60. The average molecular weight is 433 g/mol. The lowest BCUT2D eigenvalue weighted by atomic mass is 10.2. The lowest BCUT2D eigenvalue weighted by molar-refractivity contribution is -0.119. The highest BCUT2D eigenvalue weighted by Gasteiger charge is 2.18. The van der Waals surface area contributed by atoms with E-state index in [-0.39, 0.29) is 10.6 Å². The molecule has 0 unspecified atom stereocenters. The van der Waals surface area contributed by atoms with Crippen LogP contribution < -0.4 is 10.0 Å². The van der Waals surface area contributed by atoms with Crippen LogP contribution in [0, 0.1) is 0 Å². The van der Waals surface area contributed by atoms with Crippen LogP contribution in [0.15, 0.2) is 52.5 Å². The lowest BCUT2D eigenvalue weighted by Crippen LogP contribution is -2.30. The van der Waals surface area contributed by atoms with Crippen molar-refractivity contribution in [1.82, 2.24) is 9.29 Å². The van der Waals surface area contributed by atoms with Crippen LogP contribution in [0.3, 0.4) is 0 Å². The largest absolute Gasteiger partial charge is 0.451 e. The minimum Gasteiger partial charge on any atom is -0.451 e. The van der Waals surface area contributed by atoms with Crippen LogP contribution >= 0.6 is 0 Å². The molecule has 2 N–H and O–H groups in total. The van der Waals surface area contributed by atoms with Crippen molar-refractivity contribution in [2.45, 2.75) is 30.6 Å². The van der Waals surface area contributed by atoms with Crippen LogP contribution in [0.2, 0.25) is 0 Å². The molecule has 160 valence electrons. The number of anilines is 1. The van der Waals surface area contributed by atoms with Crippen molar-refractivity contribution < 1.29 is 22.7 Å². The summed E-state index contributed by atoms with van der Waals surface area (Å²) < 4.78 is 34.4. The Labute approximate surface area is 175 Å². The van der Waals surface area contributed by atoms with Gasteiger partial charge in [0.2, 0.25) is 0 Å². The van der Waals surface area contributed by atoms with Gasteiger partial charge in [0, 0.05) is 31.9 Å². The number of aryl methyl sites for hydroxylation is 1. The second-order valence-electron chi connectivity index (χ2n) is 6.90. The topological polar surface area (TPSA) is 119 Å². The quantitative estimate of drug-likeness (QED) is 0.678. The molecule has 3 rings (SSSR count). The fourth-order valence-electron chi connectivity index (χ4n) is 2.99. The van der Waals surface area contributed by atoms with Crippen molar-refractivity contribution >= 4 is 33.4 Å². The molecule has 0 radical (unpaired) electrons. The van der Waals surface area contributed by atoms with Crippen LogP contribution in [0.25, 0.3) is 0 Å². The number of benzene rings is 1. The summed E-state index contributed by atoms with van der Waals surface area (Å²) in [6.07, 6.45) is 5.13. The summed E-state index contributed by atoms with van der Waals surface area (Å²) in [6.45, 7) is 0.117. The number of amides is 1. The minimum absolute atomic E-state index is 0.00746. The number of sulfonamides is 1. The number of hydrogen-bond acceptors (Lipinski definition) is 6. The van der Waals surface area contributed by atoms with Gasteiger partial charge in [0.05, 0.1) is 4.90 Å². The van der Waals surface area contributed by atoms with E-state index in [2.05, 4.69) is 15.0 Å². The van der Waals surface area contributed by atoms with Gasteiger partial charge in [-0.15, -0.1) is 0 Å². The zero-order chi connectivity index (χ0) is 21.6. The predicted molar refractivity (Wildman–Crippen MR) is 112 cm³/mol. The number of rotatable bonds is 6. The van der Waals surface area contributed by atoms with Crippen LogP contribution in [-0.4, -0.2) is 43.8 Å². The van der Waals surface area contributed by atoms with E-state index in [4.69, 9.17) is 4.74 Å². The molecular weight excluding hydrogens is 408 g/mol. The Kier molecular flexibility index (Phi) is 6.88. The third kappa shape index (κ3) is 5.69. The molecular formula is C20H24N4O5S. The summed E-state index contributed by atoms with van der Waals surface area (Å²) in [6, 6.07) is 9.13. The van der Waals surface area contributed by atoms with Gasteiger partial charge < -0.3 is 14.6 Å². The molecule has 1 aromatic carbocycles. The van der Waals surface area contributed by atoms with Gasteiger partial charge in [-0.1, -0.05) is 12.5 Å². The Morgan fingerprint density at radius 2 is 2.00 bits per heavy atom. The molecule has 1 amide bonds.